The average Bonchev–Trinajstić information content (AvgIpc) is 3.40. The minimum absolute atomic E-state index is 0.253. The topological polar surface area (TPSA) is 52.3 Å². The highest BCUT2D eigenvalue weighted by molar-refractivity contribution is 6.48. The number of para-hydroxylation sites is 3. The van der Waals surface area contributed by atoms with Gasteiger partial charge in [0, 0.05) is 48.0 Å². The van der Waals surface area contributed by atoms with Gasteiger partial charge in [0.2, 0.25) is 0 Å². The number of hydrogen-bond donors (Lipinski definition) is 0. The quantitative estimate of drug-likeness (QED) is 0.209. The van der Waals surface area contributed by atoms with Crippen LogP contribution in [0.25, 0.3) is 5.69 Å². The van der Waals surface area contributed by atoms with Crippen molar-refractivity contribution in [3.8, 4) is 5.69 Å². The Morgan fingerprint density at radius 3 is 2.16 bits per heavy atom. The Hall–Kier alpha value is -5.02. The molecule has 4 aromatic carbocycles. The van der Waals surface area contributed by atoms with E-state index in [0.29, 0.717) is 54.3 Å². The van der Waals surface area contributed by atoms with Gasteiger partial charge in [0.05, 0.1) is 28.8 Å². The molecule has 0 amide bonds. The van der Waals surface area contributed by atoms with Crippen LogP contribution in [0.3, 0.4) is 0 Å². The van der Waals surface area contributed by atoms with Crippen molar-refractivity contribution >= 4 is 46.2 Å². The highest BCUT2D eigenvalue weighted by atomic mass is 35.5. The molecule has 0 radical (unpaired) electrons. The van der Waals surface area contributed by atoms with Crippen LogP contribution in [0.2, 0.25) is 5.02 Å². The number of piperazine rings is 1. The highest BCUT2D eigenvalue weighted by Crippen LogP contribution is 2.50. The molecule has 1 saturated heterocycles. The van der Waals surface area contributed by atoms with Gasteiger partial charge >= 0.3 is 0 Å². The smallest absolute Gasteiger partial charge is 0.179 e. The normalized spacial score (nSPS) is 17.3. The summed E-state index contributed by atoms with van der Waals surface area (Å²) in [5.41, 5.74) is 5.28. The van der Waals surface area contributed by atoms with E-state index in [1.165, 1.54) is 18.2 Å². The minimum atomic E-state index is -0.647. The van der Waals surface area contributed by atoms with Crippen LogP contribution < -0.4 is 9.80 Å². The van der Waals surface area contributed by atoms with Crippen molar-refractivity contribution in [2.75, 3.05) is 36.0 Å². The third-order valence-corrected chi connectivity index (χ3v) is 9.00. The summed E-state index contributed by atoms with van der Waals surface area (Å²) in [5.74, 6) is 1.27. The largest absolute Gasteiger partial charge is 0.368 e. The van der Waals surface area contributed by atoms with Gasteiger partial charge in [-0.2, -0.15) is 5.10 Å². The SMILES string of the molecule is Cc1nn(-c2ccccc2)c2c1[C@H](c1c(F)cccc1Cl)N1C(=N2)C(N2CCN(c3ccc(F)cc3)CC2)=Nc2ccccc21. The predicted molar refractivity (Wildman–Crippen MR) is 175 cm³/mol. The van der Waals surface area contributed by atoms with Crippen LogP contribution >= 0.6 is 11.6 Å². The molecule has 3 aliphatic heterocycles. The second kappa shape index (κ2) is 10.9. The number of halogens is 3. The maximum absolute atomic E-state index is 16.0. The van der Waals surface area contributed by atoms with Crippen LogP contribution in [0.1, 0.15) is 22.9 Å². The van der Waals surface area contributed by atoms with E-state index in [4.69, 9.17) is 26.7 Å². The molecular formula is C35H28ClF2N7. The van der Waals surface area contributed by atoms with Crippen LogP contribution in [-0.2, 0) is 0 Å². The van der Waals surface area contributed by atoms with E-state index in [1.54, 1.807) is 12.1 Å². The van der Waals surface area contributed by atoms with Crippen LogP contribution in [0.15, 0.2) is 107 Å². The van der Waals surface area contributed by atoms with Gasteiger partial charge in [-0.3, -0.25) is 0 Å². The zero-order valence-corrected chi connectivity index (χ0v) is 25.2. The fraction of sp³-hybridized carbons (Fsp3) is 0.171. The number of fused-ring (bicyclic) bond motifs is 4. The van der Waals surface area contributed by atoms with Crippen LogP contribution in [-0.4, -0.2) is 52.5 Å². The molecule has 1 aromatic heterocycles. The molecule has 45 heavy (non-hydrogen) atoms. The van der Waals surface area contributed by atoms with Gasteiger partial charge in [-0.05, 0) is 67.6 Å². The molecule has 224 valence electrons. The van der Waals surface area contributed by atoms with Crippen LogP contribution in [0.4, 0.5) is 31.7 Å². The summed E-state index contributed by atoms with van der Waals surface area (Å²) < 4.78 is 31.4. The van der Waals surface area contributed by atoms with E-state index in [0.717, 1.165) is 34.0 Å². The first-order valence-corrected chi connectivity index (χ1v) is 15.3. The van der Waals surface area contributed by atoms with E-state index in [-0.39, 0.29) is 5.82 Å². The molecule has 0 saturated carbocycles. The van der Waals surface area contributed by atoms with Gasteiger partial charge in [0.1, 0.15) is 11.6 Å². The van der Waals surface area contributed by atoms with E-state index in [2.05, 4.69) is 14.7 Å². The number of benzene rings is 4. The van der Waals surface area contributed by atoms with Crippen LogP contribution in [0.5, 0.6) is 0 Å². The molecule has 0 bridgehead atoms. The van der Waals surface area contributed by atoms with Gasteiger partial charge < -0.3 is 14.7 Å². The number of amidine groups is 2. The van der Waals surface area contributed by atoms with E-state index in [9.17, 15) is 4.39 Å². The van der Waals surface area contributed by atoms with E-state index < -0.39 is 11.9 Å². The summed E-state index contributed by atoms with van der Waals surface area (Å²) in [4.78, 5) is 17.0. The monoisotopic (exact) mass is 619 g/mol. The molecule has 7 nitrogen and oxygen atoms in total. The molecule has 0 N–H and O–H groups in total. The Morgan fingerprint density at radius 1 is 0.689 bits per heavy atom. The highest BCUT2D eigenvalue weighted by Gasteiger charge is 2.44. The van der Waals surface area contributed by atoms with E-state index >= 15 is 4.39 Å². The van der Waals surface area contributed by atoms with Crippen molar-refractivity contribution in [3.63, 3.8) is 0 Å². The molecule has 5 aromatic rings. The number of anilines is 2. The van der Waals surface area contributed by atoms with Crippen molar-refractivity contribution in [1.29, 1.82) is 0 Å². The molecule has 4 heterocycles. The van der Waals surface area contributed by atoms with Crippen molar-refractivity contribution in [2.24, 2.45) is 9.98 Å². The lowest BCUT2D eigenvalue weighted by Gasteiger charge is -2.44. The molecule has 1 fully saturated rings. The first kappa shape index (κ1) is 27.5. The third kappa shape index (κ3) is 4.57. The first-order chi connectivity index (χ1) is 22.0. The molecule has 0 spiro atoms. The fourth-order valence-corrected chi connectivity index (χ4v) is 6.80. The zero-order chi connectivity index (χ0) is 30.7. The van der Waals surface area contributed by atoms with Gasteiger partial charge in [-0.1, -0.05) is 48.0 Å². The van der Waals surface area contributed by atoms with Gasteiger partial charge in [-0.15, -0.1) is 0 Å². The fourth-order valence-electron chi connectivity index (χ4n) is 6.53. The number of rotatable bonds is 3. The number of aromatic nitrogens is 2. The molecule has 8 rings (SSSR count). The summed E-state index contributed by atoms with van der Waals surface area (Å²) in [6.45, 7) is 4.70. The third-order valence-electron chi connectivity index (χ3n) is 8.67. The lowest BCUT2D eigenvalue weighted by molar-refractivity contribution is 0.389. The number of aryl methyl sites for hydroxylation is 1. The van der Waals surface area contributed by atoms with Gasteiger partial charge in [-0.25, -0.2) is 23.4 Å². The Morgan fingerprint density at radius 2 is 1.40 bits per heavy atom. The minimum Gasteiger partial charge on any atom is -0.368 e. The van der Waals surface area contributed by atoms with Crippen LogP contribution in [0, 0.1) is 18.6 Å². The van der Waals surface area contributed by atoms with Gasteiger partial charge in [0.15, 0.2) is 17.5 Å². The number of hydrogen-bond acceptors (Lipinski definition) is 6. The maximum atomic E-state index is 16.0. The number of aliphatic imine (C=N–C) groups is 2. The van der Waals surface area contributed by atoms with Crippen molar-refractivity contribution in [3.05, 3.63) is 131 Å². The van der Waals surface area contributed by atoms with E-state index in [1.807, 2.05) is 78.3 Å². The average molecular weight is 620 g/mol. The molecule has 1 atom stereocenters. The zero-order valence-electron chi connectivity index (χ0n) is 24.4. The lowest BCUT2D eigenvalue weighted by Crippen LogP contribution is -2.55. The molecule has 0 unspecified atom stereocenters. The first-order valence-electron chi connectivity index (χ1n) is 14.9. The molecule has 3 aliphatic rings. The standard InChI is InChI=1S/C35H28ClF2N7/c1-22-30-32(31-26(36)10-7-11-27(31)38)44-29-13-6-5-12-28(29)39-34(35(44)40-33(30)45(41-22)25-8-3-2-4-9-25)43-20-18-42(19-21-43)24-16-14-23(37)15-17-24/h2-17,32H,18-21H2,1H3/t32-/m1/s1. The van der Waals surface area contributed by atoms with Crippen molar-refractivity contribution in [2.45, 2.75) is 13.0 Å². The molecule has 10 heteroatoms. The van der Waals surface area contributed by atoms with Crippen molar-refractivity contribution < 1.29 is 8.78 Å². The maximum Gasteiger partial charge on any atom is 0.179 e. The number of nitrogens with zero attached hydrogens (tertiary/aromatic N) is 7. The summed E-state index contributed by atoms with van der Waals surface area (Å²) >= 11 is 6.83. The summed E-state index contributed by atoms with van der Waals surface area (Å²) in [5, 5.41) is 5.26. The summed E-state index contributed by atoms with van der Waals surface area (Å²) in [6, 6.07) is 28.4. The summed E-state index contributed by atoms with van der Waals surface area (Å²) in [6.07, 6.45) is 0. The molecule has 0 aliphatic carbocycles. The van der Waals surface area contributed by atoms with Crippen molar-refractivity contribution in [1.82, 2.24) is 14.7 Å². The Balaban J connectivity index is 1.30. The predicted octanol–water partition coefficient (Wildman–Crippen LogP) is 7.62. The van der Waals surface area contributed by atoms with Gasteiger partial charge in [0.25, 0.3) is 0 Å². The second-order valence-electron chi connectivity index (χ2n) is 11.3. The Bertz CT molecular complexity index is 1960. The Labute approximate surface area is 264 Å². The summed E-state index contributed by atoms with van der Waals surface area (Å²) in [7, 11) is 0. The molecular weight excluding hydrogens is 592 g/mol. The Kier molecular flexibility index (Phi) is 6.64. The second-order valence-corrected chi connectivity index (χ2v) is 11.7. The lowest BCUT2D eigenvalue weighted by atomic mass is 9.92.